The highest BCUT2D eigenvalue weighted by atomic mass is 32.2. The van der Waals surface area contributed by atoms with Gasteiger partial charge in [-0.3, -0.25) is 34.1 Å². The summed E-state index contributed by atoms with van der Waals surface area (Å²) >= 11 is 0. The zero-order valence-corrected chi connectivity index (χ0v) is 42.1. The molecule has 0 aliphatic carbocycles. The van der Waals surface area contributed by atoms with Crippen molar-refractivity contribution in [2.24, 2.45) is 17.3 Å². The number of sulfonamides is 1. The van der Waals surface area contributed by atoms with Gasteiger partial charge in [-0.15, -0.1) is 0 Å². The summed E-state index contributed by atoms with van der Waals surface area (Å²) in [5, 5.41) is 16.1. The average molecular weight is 969 g/mol. The lowest BCUT2D eigenvalue weighted by molar-refractivity contribution is -0.155. The number of aryl methyl sites for hydroxylation is 1. The number of hydrogen-bond acceptors (Lipinski definition) is 12. The number of aromatic nitrogens is 2. The number of phenols is 1. The highest BCUT2D eigenvalue weighted by Crippen LogP contribution is 2.42. The first kappa shape index (κ1) is 50.0. The second-order valence-electron chi connectivity index (χ2n) is 20.5. The Kier molecular flexibility index (Phi) is 14.3. The van der Waals surface area contributed by atoms with Gasteiger partial charge in [0, 0.05) is 81.4 Å². The number of esters is 1. The van der Waals surface area contributed by atoms with E-state index < -0.39 is 68.6 Å². The number of carbonyl (C=O) groups excluding carboxylic acids is 4. The Labute approximate surface area is 405 Å². The quantitative estimate of drug-likeness (QED) is 0.137. The van der Waals surface area contributed by atoms with Crippen LogP contribution in [0.5, 0.6) is 5.75 Å². The van der Waals surface area contributed by atoms with Crippen molar-refractivity contribution in [3.63, 3.8) is 0 Å². The van der Waals surface area contributed by atoms with Crippen molar-refractivity contribution in [3.05, 3.63) is 71.5 Å². The smallest absolute Gasteiger partial charge is 0.324 e. The third-order valence-corrected chi connectivity index (χ3v) is 16.6. The lowest BCUT2D eigenvalue weighted by Gasteiger charge is -2.37. The molecule has 3 saturated heterocycles. The first-order valence-corrected chi connectivity index (χ1v) is 25.7. The van der Waals surface area contributed by atoms with Crippen molar-refractivity contribution in [2.45, 2.75) is 110 Å². The number of phenolic OH excluding ortho intramolecular Hbond substituents is 1. The zero-order valence-electron chi connectivity index (χ0n) is 41.3. The minimum atomic E-state index is -3.59. The van der Waals surface area contributed by atoms with Crippen LogP contribution in [0.25, 0.3) is 33.3 Å². The molecule has 8 rings (SSSR count). The SMILES string of the molecule is CCn1c(-c2cccnc2[C@H](C)OC)c2c3cc(ccc31)-c1cc(O)cc(c1)C[C@H](NC(=O)[C@H](C(C)C)N(C)C(=O)[C@H]1CCN(S(=O)(=O)[C@@H]3CN3C)C1)C(=O)N1CCC[C@H](N1)C(=O)OCC(C)(C)C2. The van der Waals surface area contributed by atoms with Crippen LogP contribution in [0, 0.1) is 17.3 Å². The fourth-order valence-electron chi connectivity index (χ4n) is 10.5. The van der Waals surface area contributed by atoms with Gasteiger partial charge in [-0.05, 0) is 111 Å². The fourth-order valence-corrected chi connectivity index (χ4v) is 12.5. The topological polar surface area (TPSA) is 196 Å². The Hall–Kier alpha value is -5.40. The number of methoxy groups -OCH3 is 1. The number of ether oxygens (including phenoxy) is 2. The molecular formula is C51H68N8O9S. The molecule has 3 amide bonds. The highest BCUT2D eigenvalue weighted by molar-refractivity contribution is 7.90. The summed E-state index contributed by atoms with van der Waals surface area (Å²) in [6.07, 6.45) is 3.22. The van der Waals surface area contributed by atoms with Gasteiger partial charge < -0.3 is 29.4 Å². The van der Waals surface area contributed by atoms with Crippen molar-refractivity contribution in [1.29, 1.82) is 0 Å². The Morgan fingerprint density at radius 1 is 1.06 bits per heavy atom. The molecule has 2 aromatic heterocycles. The molecule has 1 unspecified atom stereocenters. The number of carbonyl (C=O) groups is 4. The molecule has 2 aromatic carbocycles. The van der Waals surface area contributed by atoms with Crippen molar-refractivity contribution in [3.8, 4) is 28.1 Å². The number of nitrogens with one attached hydrogen (secondary N) is 2. The van der Waals surface area contributed by atoms with E-state index in [-0.39, 0.29) is 50.4 Å². The van der Waals surface area contributed by atoms with E-state index in [4.69, 9.17) is 14.5 Å². The minimum Gasteiger partial charge on any atom is -0.508 e. The zero-order chi connectivity index (χ0) is 49.7. The van der Waals surface area contributed by atoms with Crippen LogP contribution >= 0.6 is 0 Å². The molecule has 372 valence electrons. The van der Waals surface area contributed by atoms with Crippen molar-refractivity contribution >= 4 is 44.6 Å². The molecule has 0 radical (unpaired) electrons. The van der Waals surface area contributed by atoms with Crippen molar-refractivity contribution in [1.82, 2.24) is 39.4 Å². The van der Waals surface area contributed by atoms with Crippen LogP contribution in [0.3, 0.4) is 0 Å². The summed E-state index contributed by atoms with van der Waals surface area (Å²) in [7, 11) is 1.37. The molecular weight excluding hydrogens is 901 g/mol. The molecule has 6 heterocycles. The second-order valence-corrected chi connectivity index (χ2v) is 22.5. The molecule has 69 heavy (non-hydrogen) atoms. The Bertz CT molecular complexity index is 2740. The number of amides is 3. The monoisotopic (exact) mass is 968 g/mol. The minimum absolute atomic E-state index is 0.0264. The summed E-state index contributed by atoms with van der Waals surface area (Å²) in [6, 6.07) is 12.3. The molecule has 4 aromatic rings. The molecule has 6 bridgehead atoms. The van der Waals surface area contributed by atoms with Crippen LogP contribution in [0.4, 0.5) is 0 Å². The number of cyclic esters (lactones) is 1. The van der Waals surface area contributed by atoms with Gasteiger partial charge in [0.15, 0.2) is 0 Å². The number of likely N-dealkylation sites (N-methyl/N-ethyl adjacent to an activating group) is 2. The summed E-state index contributed by atoms with van der Waals surface area (Å²) in [6.45, 7) is 13.5. The van der Waals surface area contributed by atoms with Gasteiger partial charge in [0.2, 0.25) is 21.8 Å². The maximum atomic E-state index is 14.8. The van der Waals surface area contributed by atoms with E-state index in [1.807, 2.05) is 39.0 Å². The molecule has 4 aliphatic rings. The lowest BCUT2D eigenvalue weighted by Crippen LogP contribution is -2.62. The second kappa shape index (κ2) is 19.8. The van der Waals surface area contributed by atoms with E-state index in [0.717, 1.165) is 39.0 Å². The van der Waals surface area contributed by atoms with Gasteiger partial charge in [-0.25, -0.2) is 13.8 Å². The van der Waals surface area contributed by atoms with Gasteiger partial charge in [0.05, 0.1) is 30.0 Å². The predicted octanol–water partition coefficient (Wildman–Crippen LogP) is 4.86. The van der Waals surface area contributed by atoms with Crippen LogP contribution in [-0.2, 0) is 58.1 Å². The molecule has 17 nitrogen and oxygen atoms in total. The fraction of sp³-hybridized carbons (Fsp3) is 0.549. The van der Waals surface area contributed by atoms with E-state index in [1.165, 1.54) is 14.2 Å². The number of benzene rings is 2. The standard InChI is InChI=1S/C51H68N8O9S/c1-10-58-42-16-15-33-25-38(42)39(46(58)37-13-11-18-52-44(37)31(4)67-9)26-51(5,6)29-68-50(64)40-14-12-19-59(54-40)49(63)41(23-32-21-35(33)24-36(60)22-32)53-47(61)45(30(2)3)56(8)48(62)34-17-20-57(27-34)69(65,66)43-28-55(43)7/h11,13,15-16,18,21-22,24-25,30-31,34,40-41,43,45,54,60H,10,12,14,17,19-20,23,26-29H2,1-9H3,(H,53,61)/t31-,34-,40-,41-,43+,45-,55?/m0/s1. The predicted molar refractivity (Wildman–Crippen MR) is 262 cm³/mol. The lowest BCUT2D eigenvalue weighted by atomic mass is 9.84. The molecule has 3 fully saturated rings. The van der Waals surface area contributed by atoms with Crippen LogP contribution in [0.1, 0.15) is 83.7 Å². The van der Waals surface area contributed by atoms with E-state index >= 15 is 0 Å². The van der Waals surface area contributed by atoms with Crippen LogP contribution < -0.4 is 10.7 Å². The third kappa shape index (κ3) is 10.1. The molecule has 7 atom stereocenters. The van der Waals surface area contributed by atoms with E-state index in [0.29, 0.717) is 49.9 Å². The number of aromatic hydroxyl groups is 1. The highest BCUT2D eigenvalue weighted by Gasteiger charge is 2.49. The van der Waals surface area contributed by atoms with Crippen LogP contribution in [0.15, 0.2) is 54.7 Å². The number of rotatable bonds is 11. The molecule has 0 saturated carbocycles. The molecule has 4 aliphatic heterocycles. The first-order chi connectivity index (χ1) is 32.7. The van der Waals surface area contributed by atoms with Gasteiger partial charge in [0.1, 0.15) is 29.2 Å². The van der Waals surface area contributed by atoms with Gasteiger partial charge in [0.25, 0.3) is 5.91 Å². The number of fused-ring (bicyclic) bond motifs is 6. The van der Waals surface area contributed by atoms with E-state index in [1.54, 1.807) is 44.4 Å². The van der Waals surface area contributed by atoms with E-state index in [2.05, 4.69) is 54.3 Å². The Balaban J connectivity index is 1.17. The summed E-state index contributed by atoms with van der Waals surface area (Å²) in [4.78, 5) is 65.4. The van der Waals surface area contributed by atoms with Crippen LogP contribution in [-0.4, -0.2) is 143 Å². The summed E-state index contributed by atoms with van der Waals surface area (Å²) < 4.78 is 41.9. The third-order valence-electron chi connectivity index (χ3n) is 14.4. The average Bonchev–Trinajstić information content (AvgIpc) is 3.73. The Morgan fingerprint density at radius 3 is 2.51 bits per heavy atom. The van der Waals surface area contributed by atoms with Gasteiger partial charge in [-0.1, -0.05) is 39.8 Å². The van der Waals surface area contributed by atoms with Crippen LogP contribution in [0.2, 0.25) is 0 Å². The molecule has 0 spiro atoms. The maximum absolute atomic E-state index is 14.8. The van der Waals surface area contributed by atoms with Crippen molar-refractivity contribution in [2.75, 3.05) is 54.0 Å². The van der Waals surface area contributed by atoms with Gasteiger partial charge >= 0.3 is 5.97 Å². The van der Waals surface area contributed by atoms with Crippen molar-refractivity contribution < 1.29 is 42.2 Å². The number of pyridine rings is 1. The van der Waals surface area contributed by atoms with Gasteiger partial charge in [-0.2, -0.15) is 4.31 Å². The first-order valence-electron chi connectivity index (χ1n) is 24.2. The Morgan fingerprint density at radius 2 is 1.81 bits per heavy atom. The largest absolute Gasteiger partial charge is 0.508 e. The maximum Gasteiger partial charge on any atom is 0.324 e. The number of nitrogens with zero attached hydrogens (tertiary/aromatic N) is 6. The normalized spacial score (nSPS) is 24.1. The van der Waals surface area contributed by atoms with E-state index in [9.17, 15) is 32.7 Å². The number of hydrazine groups is 1. The summed E-state index contributed by atoms with van der Waals surface area (Å²) in [5.74, 6) is -2.97. The summed E-state index contributed by atoms with van der Waals surface area (Å²) in [5.41, 5.74) is 9.43. The number of hydrogen-bond donors (Lipinski definition) is 3. The molecule has 18 heteroatoms. The molecule has 3 N–H and O–H groups in total.